The lowest BCUT2D eigenvalue weighted by Gasteiger charge is -2.34. The maximum Gasteiger partial charge on any atom is 0.258 e. The summed E-state index contributed by atoms with van der Waals surface area (Å²) in [6, 6.07) is 16.6. The molecule has 0 bridgehead atoms. The molecule has 10 heteroatoms. The monoisotopic (exact) mass is 537 g/mol. The first-order valence-electron chi connectivity index (χ1n) is 12.4. The topological polar surface area (TPSA) is 87.2 Å². The lowest BCUT2D eigenvalue weighted by molar-refractivity contribution is 0.102. The SMILES string of the molecule is COc1ccc(CS(=O)c2nc(N(C)C)ccc2C(=O)Nc2ccc(N3CCN(C)CC3)cc2)c(OC)c1. The Morgan fingerprint density at radius 1 is 1.00 bits per heavy atom. The van der Waals surface area contributed by atoms with Crippen LogP contribution >= 0.6 is 0 Å². The molecule has 9 nitrogen and oxygen atoms in total. The summed E-state index contributed by atoms with van der Waals surface area (Å²) in [4.78, 5) is 24.4. The van der Waals surface area contributed by atoms with E-state index >= 15 is 0 Å². The molecule has 1 amide bonds. The highest BCUT2D eigenvalue weighted by atomic mass is 32.2. The number of hydrogen-bond acceptors (Lipinski definition) is 8. The molecule has 0 spiro atoms. The maximum atomic E-state index is 13.6. The van der Waals surface area contributed by atoms with E-state index in [2.05, 4.69) is 27.1 Å². The van der Waals surface area contributed by atoms with Crippen molar-refractivity contribution in [3.8, 4) is 11.5 Å². The minimum Gasteiger partial charge on any atom is -0.497 e. The van der Waals surface area contributed by atoms with Gasteiger partial charge in [0.2, 0.25) is 0 Å². The third kappa shape index (κ3) is 6.43. The smallest absolute Gasteiger partial charge is 0.258 e. The zero-order valence-corrected chi connectivity index (χ0v) is 23.4. The maximum absolute atomic E-state index is 13.6. The molecule has 1 fully saturated rings. The number of nitrogens with zero attached hydrogens (tertiary/aromatic N) is 4. The minimum absolute atomic E-state index is 0.136. The molecular formula is C28H35N5O4S. The number of nitrogens with one attached hydrogen (secondary N) is 1. The van der Waals surface area contributed by atoms with Gasteiger partial charge < -0.3 is 29.5 Å². The normalized spacial score (nSPS) is 14.6. The summed E-state index contributed by atoms with van der Waals surface area (Å²) in [5.41, 5.74) is 2.79. The van der Waals surface area contributed by atoms with E-state index in [1.165, 1.54) is 0 Å². The summed E-state index contributed by atoms with van der Waals surface area (Å²) in [5, 5.41) is 3.17. The van der Waals surface area contributed by atoms with Gasteiger partial charge in [-0.3, -0.25) is 9.00 Å². The summed E-state index contributed by atoms with van der Waals surface area (Å²) in [7, 11) is 7.35. The van der Waals surface area contributed by atoms with Gasteiger partial charge in [-0.05, 0) is 49.5 Å². The molecule has 2 heterocycles. The zero-order valence-electron chi connectivity index (χ0n) is 22.6. The Morgan fingerprint density at radius 2 is 1.71 bits per heavy atom. The molecule has 1 saturated heterocycles. The van der Waals surface area contributed by atoms with Crippen LogP contribution in [-0.4, -0.2) is 81.5 Å². The highest BCUT2D eigenvalue weighted by Crippen LogP contribution is 2.28. The number of rotatable bonds is 9. The molecular weight excluding hydrogens is 502 g/mol. The Bertz CT molecular complexity index is 1290. The predicted molar refractivity (Wildman–Crippen MR) is 152 cm³/mol. The Labute approximate surface area is 226 Å². The Balaban J connectivity index is 1.55. The lowest BCUT2D eigenvalue weighted by atomic mass is 10.2. The highest BCUT2D eigenvalue weighted by Gasteiger charge is 2.22. The Morgan fingerprint density at radius 3 is 2.34 bits per heavy atom. The van der Waals surface area contributed by atoms with E-state index in [0.717, 1.165) is 37.4 Å². The first kappa shape index (κ1) is 27.4. The highest BCUT2D eigenvalue weighted by molar-refractivity contribution is 7.84. The largest absolute Gasteiger partial charge is 0.497 e. The van der Waals surface area contributed by atoms with E-state index in [4.69, 9.17) is 9.47 Å². The molecule has 1 N–H and O–H groups in total. The van der Waals surface area contributed by atoms with Crippen molar-refractivity contribution in [1.29, 1.82) is 0 Å². The molecule has 38 heavy (non-hydrogen) atoms. The van der Waals surface area contributed by atoms with E-state index in [1.54, 1.807) is 38.5 Å². The molecule has 1 atom stereocenters. The number of aromatic nitrogens is 1. The van der Waals surface area contributed by atoms with Crippen LogP contribution in [0.5, 0.6) is 11.5 Å². The van der Waals surface area contributed by atoms with Crippen LogP contribution in [0.15, 0.2) is 59.6 Å². The van der Waals surface area contributed by atoms with Crippen molar-refractivity contribution in [2.45, 2.75) is 10.8 Å². The molecule has 1 aliphatic rings. The number of methoxy groups -OCH3 is 2. The van der Waals surface area contributed by atoms with Gasteiger partial charge in [0.1, 0.15) is 22.3 Å². The Hall–Kier alpha value is -3.63. The van der Waals surface area contributed by atoms with E-state index in [1.807, 2.05) is 49.3 Å². The number of carbonyl (C=O) groups excluding carboxylic acids is 1. The first-order chi connectivity index (χ1) is 18.3. The fourth-order valence-corrected chi connectivity index (χ4v) is 5.48. The van der Waals surface area contributed by atoms with E-state index in [9.17, 15) is 9.00 Å². The van der Waals surface area contributed by atoms with Gasteiger partial charge in [0.15, 0.2) is 0 Å². The van der Waals surface area contributed by atoms with Gasteiger partial charge in [-0.2, -0.15) is 0 Å². The molecule has 0 saturated carbocycles. The molecule has 1 aromatic heterocycles. The van der Waals surface area contributed by atoms with Gasteiger partial charge in [0.05, 0.1) is 36.3 Å². The van der Waals surface area contributed by atoms with Crippen LogP contribution in [0.2, 0.25) is 0 Å². The summed E-state index contributed by atoms with van der Waals surface area (Å²) in [6.07, 6.45) is 0. The number of amides is 1. The van der Waals surface area contributed by atoms with Crippen molar-refractivity contribution in [3.63, 3.8) is 0 Å². The van der Waals surface area contributed by atoms with Crippen LogP contribution in [0, 0.1) is 0 Å². The molecule has 202 valence electrons. The molecule has 0 radical (unpaired) electrons. The van der Waals surface area contributed by atoms with Crippen LogP contribution in [0.25, 0.3) is 0 Å². The van der Waals surface area contributed by atoms with Crippen molar-refractivity contribution in [3.05, 3.63) is 65.7 Å². The number of anilines is 3. The second-order valence-corrected chi connectivity index (χ2v) is 10.7. The third-order valence-corrected chi connectivity index (χ3v) is 7.85. The van der Waals surface area contributed by atoms with Crippen molar-refractivity contribution in [2.24, 2.45) is 0 Å². The molecule has 1 aliphatic heterocycles. The number of ether oxygens (including phenoxy) is 2. The molecule has 0 aliphatic carbocycles. The van der Waals surface area contributed by atoms with Gasteiger partial charge in [-0.15, -0.1) is 0 Å². The van der Waals surface area contributed by atoms with Crippen LogP contribution in [0.1, 0.15) is 15.9 Å². The second-order valence-electron chi connectivity index (χ2n) is 9.38. The minimum atomic E-state index is -1.61. The van der Waals surface area contributed by atoms with E-state index < -0.39 is 10.8 Å². The van der Waals surface area contributed by atoms with E-state index in [0.29, 0.717) is 23.0 Å². The fourth-order valence-electron chi connectivity index (χ4n) is 4.23. The van der Waals surface area contributed by atoms with Crippen LogP contribution < -0.4 is 24.6 Å². The molecule has 3 aromatic rings. The van der Waals surface area contributed by atoms with Crippen molar-refractivity contribution in [1.82, 2.24) is 9.88 Å². The summed E-state index contributed by atoms with van der Waals surface area (Å²) >= 11 is 0. The van der Waals surface area contributed by atoms with Gasteiger partial charge in [0, 0.05) is 63.3 Å². The second kappa shape index (κ2) is 12.3. The van der Waals surface area contributed by atoms with E-state index in [-0.39, 0.29) is 22.2 Å². The summed E-state index contributed by atoms with van der Waals surface area (Å²) in [5.74, 6) is 1.59. The van der Waals surface area contributed by atoms with Gasteiger partial charge in [0.25, 0.3) is 5.91 Å². The fraction of sp³-hybridized carbons (Fsp3) is 0.357. The average Bonchev–Trinajstić information content (AvgIpc) is 2.93. The van der Waals surface area contributed by atoms with Crippen molar-refractivity contribution in [2.75, 3.05) is 76.7 Å². The first-order valence-corrected chi connectivity index (χ1v) is 13.7. The van der Waals surface area contributed by atoms with Crippen LogP contribution in [-0.2, 0) is 16.6 Å². The van der Waals surface area contributed by atoms with Gasteiger partial charge in [-0.25, -0.2) is 4.98 Å². The number of piperazine rings is 1. The quantitative estimate of drug-likeness (QED) is 0.444. The third-order valence-electron chi connectivity index (χ3n) is 6.54. The lowest BCUT2D eigenvalue weighted by Crippen LogP contribution is -2.44. The Kier molecular flexibility index (Phi) is 8.85. The predicted octanol–water partition coefficient (Wildman–Crippen LogP) is 3.48. The van der Waals surface area contributed by atoms with Crippen LogP contribution in [0.3, 0.4) is 0 Å². The number of likely N-dealkylation sites (N-methyl/N-ethyl adjacent to an activating group) is 1. The number of hydrogen-bond donors (Lipinski definition) is 1. The zero-order chi connectivity index (χ0) is 27.2. The molecule has 2 aromatic carbocycles. The average molecular weight is 538 g/mol. The molecule has 1 unspecified atom stereocenters. The van der Waals surface area contributed by atoms with Gasteiger partial charge >= 0.3 is 0 Å². The van der Waals surface area contributed by atoms with Gasteiger partial charge in [-0.1, -0.05) is 6.07 Å². The number of pyridine rings is 1. The molecule has 4 rings (SSSR count). The number of benzene rings is 2. The van der Waals surface area contributed by atoms with Crippen molar-refractivity contribution < 1.29 is 18.5 Å². The standard InChI is InChI=1S/C28H35N5O4S/c1-31(2)26-13-12-24(28(30-26)38(35)19-20-6-11-23(36-4)18-25(20)37-5)27(34)29-21-7-9-22(10-8-21)33-16-14-32(3)15-17-33/h6-13,18H,14-17,19H2,1-5H3,(H,29,34). The number of carbonyl (C=O) groups is 1. The van der Waals surface area contributed by atoms with Crippen molar-refractivity contribution >= 4 is 33.9 Å². The summed E-state index contributed by atoms with van der Waals surface area (Å²) in [6.45, 7) is 3.99. The van der Waals surface area contributed by atoms with Crippen LogP contribution in [0.4, 0.5) is 17.2 Å². The summed E-state index contributed by atoms with van der Waals surface area (Å²) < 4.78 is 24.3.